The van der Waals surface area contributed by atoms with Gasteiger partial charge >= 0.3 is 0 Å². The summed E-state index contributed by atoms with van der Waals surface area (Å²) >= 11 is 0. The van der Waals surface area contributed by atoms with Crippen molar-refractivity contribution in [2.45, 2.75) is 91.4 Å². The lowest BCUT2D eigenvalue weighted by Crippen LogP contribution is -2.13. The standard InChI is InChI=1S/C56H56O5/c1-33-18-38-24-44-29-48(55(2,3)4)31-46(53(44)60)27-42-22-36(34-14-10-8-11-15-34)20-40(51(42)58)26-41-21-37(35-16-12-9-13-17-35)23-43(52(41)59)28-47-32-49(56(5,6)7)30-45(54(47)61)25-39(19-33)50(38)57/h8-23,29-32,57-61H,24-28H2,1-7H3. The average molecular weight is 809 g/mol. The summed E-state index contributed by atoms with van der Waals surface area (Å²) in [6, 6.07) is 40.1. The first-order chi connectivity index (χ1) is 28.9. The molecular formula is C56H56O5. The van der Waals surface area contributed by atoms with Crippen LogP contribution in [0.3, 0.4) is 0 Å². The number of phenols is 5. The van der Waals surface area contributed by atoms with E-state index >= 15 is 0 Å². The van der Waals surface area contributed by atoms with Crippen molar-refractivity contribution in [1.82, 2.24) is 0 Å². The normalized spacial score (nSPS) is 13.2. The first-order valence-corrected chi connectivity index (χ1v) is 21.2. The third-order valence-corrected chi connectivity index (χ3v) is 12.3. The molecular weight excluding hydrogens is 753 g/mol. The Labute approximate surface area is 360 Å². The van der Waals surface area contributed by atoms with Gasteiger partial charge in [0.05, 0.1) is 0 Å². The van der Waals surface area contributed by atoms with E-state index < -0.39 is 0 Å². The fraction of sp³-hybridized carbons (Fsp3) is 0.250. The highest BCUT2D eigenvalue weighted by Gasteiger charge is 2.25. The highest BCUT2D eigenvalue weighted by atomic mass is 16.3. The van der Waals surface area contributed by atoms with Gasteiger partial charge < -0.3 is 25.5 Å². The van der Waals surface area contributed by atoms with Crippen LogP contribution in [0.25, 0.3) is 22.3 Å². The van der Waals surface area contributed by atoms with Crippen LogP contribution in [0.15, 0.2) is 121 Å². The van der Waals surface area contributed by atoms with Gasteiger partial charge in [-0.25, -0.2) is 0 Å². The molecule has 0 aliphatic heterocycles. The molecule has 310 valence electrons. The number of rotatable bonds is 2. The zero-order valence-corrected chi connectivity index (χ0v) is 36.3. The lowest BCUT2D eigenvalue weighted by Gasteiger charge is -2.24. The maximum Gasteiger partial charge on any atom is 0.122 e. The molecule has 10 bridgehead atoms. The van der Waals surface area contributed by atoms with E-state index in [1.807, 2.05) is 128 Å². The maximum absolute atomic E-state index is 12.3. The Kier molecular flexibility index (Phi) is 10.7. The summed E-state index contributed by atoms with van der Waals surface area (Å²) in [7, 11) is 0. The van der Waals surface area contributed by atoms with E-state index in [0.717, 1.165) is 38.9 Å². The van der Waals surface area contributed by atoms with Crippen LogP contribution in [0.1, 0.15) is 114 Å². The molecule has 1 aliphatic rings. The Morgan fingerprint density at radius 1 is 0.311 bits per heavy atom. The van der Waals surface area contributed by atoms with Crippen molar-refractivity contribution in [1.29, 1.82) is 0 Å². The van der Waals surface area contributed by atoms with E-state index in [-0.39, 0.29) is 71.7 Å². The van der Waals surface area contributed by atoms with E-state index in [1.54, 1.807) is 0 Å². The molecule has 7 aromatic rings. The molecule has 5 nitrogen and oxygen atoms in total. The van der Waals surface area contributed by atoms with Crippen molar-refractivity contribution in [2.75, 3.05) is 0 Å². The van der Waals surface area contributed by atoms with Crippen LogP contribution in [-0.4, -0.2) is 25.5 Å². The lowest BCUT2D eigenvalue weighted by molar-refractivity contribution is 0.450. The van der Waals surface area contributed by atoms with Gasteiger partial charge in [-0.3, -0.25) is 0 Å². The Morgan fingerprint density at radius 3 is 0.787 bits per heavy atom. The molecule has 0 atom stereocenters. The molecule has 0 amide bonds. The van der Waals surface area contributed by atoms with Crippen LogP contribution < -0.4 is 0 Å². The van der Waals surface area contributed by atoms with Gasteiger partial charge in [0, 0.05) is 32.1 Å². The molecule has 5 N–H and O–H groups in total. The SMILES string of the molecule is Cc1cc2c(O)c(c1)Cc1cc(C(C)(C)C)cc(c1O)Cc1cc(-c3ccccc3)cc(c1O)Cc1cc(-c3ccccc3)cc(c1O)Cc1cc(C(C)(C)C)cc(c1O)C2. The van der Waals surface area contributed by atoms with Crippen LogP contribution in [0.2, 0.25) is 0 Å². The average Bonchev–Trinajstić information content (AvgIpc) is 3.21. The Balaban J connectivity index is 1.43. The first kappa shape index (κ1) is 41.3. The smallest absolute Gasteiger partial charge is 0.122 e. The summed E-state index contributed by atoms with van der Waals surface area (Å²) < 4.78 is 0. The van der Waals surface area contributed by atoms with E-state index in [2.05, 4.69) is 41.5 Å². The first-order valence-electron chi connectivity index (χ1n) is 21.2. The summed E-state index contributed by atoms with van der Waals surface area (Å²) in [4.78, 5) is 0. The van der Waals surface area contributed by atoms with Crippen LogP contribution in [0.4, 0.5) is 0 Å². The molecule has 61 heavy (non-hydrogen) atoms. The van der Waals surface area contributed by atoms with Crippen molar-refractivity contribution < 1.29 is 25.5 Å². The third kappa shape index (κ3) is 8.48. The Morgan fingerprint density at radius 2 is 0.541 bits per heavy atom. The van der Waals surface area contributed by atoms with Gasteiger partial charge in [-0.1, -0.05) is 144 Å². The molecule has 5 heteroatoms. The molecule has 1 aliphatic carbocycles. The summed E-state index contributed by atoms with van der Waals surface area (Å²) in [5.74, 6) is 0.564. The van der Waals surface area contributed by atoms with E-state index in [9.17, 15) is 25.5 Å². The van der Waals surface area contributed by atoms with Gasteiger partial charge in [-0.15, -0.1) is 0 Å². The summed E-state index contributed by atoms with van der Waals surface area (Å²) in [6.07, 6.45) is 1.28. The number of phenolic OH excluding ortho intramolecular Hbond substituents is 5. The number of fused-ring (bicyclic) bond motifs is 10. The van der Waals surface area contributed by atoms with Gasteiger partial charge in [0.2, 0.25) is 0 Å². The van der Waals surface area contributed by atoms with Crippen molar-refractivity contribution in [3.8, 4) is 51.0 Å². The van der Waals surface area contributed by atoms with Crippen molar-refractivity contribution in [2.24, 2.45) is 0 Å². The minimum atomic E-state index is -0.268. The number of hydrogen-bond donors (Lipinski definition) is 5. The van der Waals surface area contributed by atoms with Gasteiger partial charge in [0.25, 0.3) is 0 Å². The predicted molar refractivity (Wildman–Crippen MR) is 248 cm³/mol. The topological polar surface area (TPSA) is 101 Å². The second-order valence-corrected chi connectivity index (χ2v) is 19.1. The van der Waals surface area contributed by atoms with Crippen LogP contribution in [0.5, 0.6) is 28.7 Å². The van der Waals surface area contributed by atoms with Crippen molar-refractivity contribution >= 4 is 0 Å². The number of hydrogen-bond acceptors (Lipinski definition) is 5. The third-order valence-electron chi connectivity index (χ3n) is 12.3. The molecule has 0 fully saturated rings. The van der Waals surface area contributed by atoms with E-state index in [4.69, 9.17) is 0 Å². The Bertz CT molecular complexity index is 2600. The summed E-state index contributed by atoms with van der Waals surface area (Å²) in [5.41, 5.74) is 12.9. The van der Waals surface area contributed by atoms with Crippen molar-refractivity contribution in [3.63, 3.8) is 0 Å². The van der Waals surface area contributed by atoms with Crippen molar-refractivity contribution in [3.05, 3.63) is 194 Å². The molecule has 0 heterocycles. The van der Waals surface area contributed by atoms with Gasteiger partial charge in [0.15, 0.2) is 0 Å². The molecule has 8 rings (SSSR count). The zero-order valence-electron chi connectivity index (χ0n) is 36.3. The maximum atomic E-state index is 12.3. The quantitative estimate of drug-likeness (QED) is 0.120. The molecule has 0 radical (unpaired) electrons. The highest BCUT2D eigenvalue weighted by molar-refractivity contribution is 5.71. The largest absolute Gasteiger partial charge is 0.507 e. The fourth-order valence-corrected chi connectivity index (χ4v) is 8.81. The fourth-order valence-electron chi connectivity index (χ4n) is 8.81. The second kappa shape index (κ2) is 15.9. The molecule has 7 aromatic carbocycles. The van der Waals surface area contributed by atoms with E-state index in [0.29, 0.717) is 55.6 Å². The monoisotopic (exact) mass is 808 g/mol. The Hall–Kier alpha value is -6.46. The van der Waals surface area contributed by atoms with Gasteiger partial charge in [0.1, 0.15) is 28.7 Å². The molecule has 0 saturated carbocycles. The molecule has 0 saturated heterocycles. The number of aryl methyl sites for hydroxylation is 1. The van der Waals surface area contributed by atoms with Gasteiger partial charge in [-0.2, -0.15) is 0 Å². The number of aromatic hydroxyl groups is 5. The number of benzene rings is 7. The predicted octanol–water partition coefficient (Wildman–Crippen LogP) is 12.7. The second-order valence-electron chi connectivity index (χ2n) is 19.1. The van der Waals surface area contributed by atoms with Gasteiger partial charge in [-0.05, 0) is 131 Å². The van der Waals surface area contributed by atoms with Crippen LogP contribution in [0, 0.1) is 6.92 Å². The van der Waals surface area contributed by atoms with Crippen LogP contribution >= 0.6 is 0 Å². The van der Waals surface area contributed by atoms with Crippen LogP contribution in [-0.2, 0) is 42.9 Å². The minimum absolute atomic E-state index is 0.100. The molecule has 0 aromatic heterocycles. The molecule has 0 spiro atoms. The lowest BCUT2D eigenvalue weighted by atomic mass is 9.81. The highest BCUT2D eigenvalue weighted by Crippen LogP contribution is 2.43. The summed E-state index contributed by atoms with van der Waals surface area (Å²) in [6.45, 7) is 14.8. The summed E-state index contributed by atoms with van der Waals surface area (Å²) in [5, 5.41) is 61.0. The zero-order chi connectivity index (χ0) is 43.4. The molecule has 0 unspecified atom stereocenters. The minimum Gasteiger partial charge on any atom is -0.507 e. The van der Waals surface area contributed by atoms with E-state index in [1.165, 1.54) is 0 Å².